The zero-order valence-corrected chi connectivity index (χ0v) is 14.4. The van der Waals surface area contributed by atoms with Crippen LogP contribution in [0.15, 0.2) is 23.3 Å². The number of carbonyl (C=O) groups is 1. The second-order valence-electron chi connectivity index (χ2n) is 8.92. The van der Waals surface area contributed by atoms with E-state index in [0.717, 1.165) is 37.7 Å². The highest BCUT2D eigenvalue weighted by Crippen LogP contribution is 2.65. The van der Waals surface area contributed by atoms with Gasteiger partial charge in [0.05, 0.1) is 5.60 Å². The van der Waals surface area contributed by atoms with E-state index in [4.69, 9.17) is 0 Å². The number of hydrogen-bond donors (Lipinski definition) is 1. The van der Waals surface area contributed by atoms with E-state index < -0.39 is 11.8 Å². The molecule has 4 aliphatic carbocycles. The first-order chi connectivity index (χ1) is 10.7. The molecular formula is C20H27FO2. The number of allylic oxidation sites excluding steroid dienone is 4. The molecule has 3 heteroatoms. The number of ketones is 1. The molecule has 0 amide bonds. The fraction of sp³-hybridized carbons (Fsp3) is 0.750. The van der Waals surface area contributed by atoms with Crippen LogP contribution in [0.5, 0.6) is 0 Å². The quantitative estimate of drug-likeness (QED) is 0.682. The van der Waals surface area contributed by atoms with E-state index in [1.54, 1.807) is 6.08 Å². The minimum absolute atomic E-state index is 0.0711. The van der Waals surface area contributed by atoms with Gasteiger partial charge < -0.3 is 5.11 Å². The van der Waals surface area contributed by atoms with Crippen molar-refractivity contribution in [2.24, 2.45) is 22.7 Å². The molecule has 0 bridgehead atoms. The van der Waals surface area contributed by atoms with Gasteiger partial charge in [-0.1, -0.05) is 31.1 Å². The molecule has 2 nitrogen and oxygen atoms in total. The predicted octanol–water partition coefficient (Wildman–Crippen LogP) is 4.14. The summed E-state index contributed by atoms with van der Waals surface area (Å²) in [6.07, 6.45) is 7.53. The van der Waals surface area contributed by atoms with Crippen LogP contribution in [-0.4, -0.2) is 22.7 Å². The zero-order valence-electron chi connectivity index (χ0n) is 14.4. The monoisotopic (exact) mass is 318 g/mol. The van der Waals surface area contributed by atoms with Crippen molar-refractivity contribution in [2.45, 2.75) is 71.1 Å². The lowest BCUT2D eigenvalue weighted by molar-refractivity contribution is -0.121. The summed E-state index contributed by atoms with van der Waals surface area (Å²) in [6.45, 7) is 6.35. The highest BCUT2D eigenvalue weighted by molar-refractivity contribution is 5.95. The van der Waals surface area contributed by atoms with Gasteiger partial charge in [-0.3, -0.25) is 4.79 Å². The number of halogens is 1. The van der Waals surface area contributed by atoms with Crippen molar-refractivity contribution in [1.82, 2.24) is 0 Å². The van der Waals surface area contributed by atoms with Gasteiger partial charge in [-0.25, -0.2) is 4.39 Å². The lowest BCUT2D eigenvalue weighted by Gasteiger charge is -2.54. The Labute approximate surface area is 137 Å². The molecule has 6 atom stereocenters. The Bertz CT molecular complexity index is 632. The van der Waals surface area contributed by atoms with Crippen molar-refractivity contribution in [1.29, 1.82) is 0 Å². The average Bonchev–Trinajstić information content (AvgIpc) is 2.71. The van der Waals surface area contributed by atoms with Crippen LogP contribution >= 0.6 is 0 Å². The summed E-state index contributed by atoms with van der Waals surface area (Å²) in [6, 6.07) is 0. The first-order valence-electron chi connectivity index (χ1n) is 9.01. The smallest absolute Gasteiger partial charge is 0.189 e. The molecule has 0 aromatic rings. The van der Waals surface area contributed by atoms with Gasteiger partial charge in [-0.2, -0.15) is 0 Å². The topological polar surface area (TPSA) is 37.3 Å². The SMILES string of the molecule is C[C@]12C[C@H](F)C(=O)C=C1CC[C@@H]1C2=CC[C@]2(C)[C@@H]1CC[C@]2(C)O. The summed E-state index contributed by atoms with van der Waals surface area (Å²) < 4.78 is 14.2. The van der Waals surface area contributed by atoms with Gasteiger partial charge >= 0.3 is 0 Å². The summed E-state index contributed by atoms with van der Waals surface area (Å²) in [4.78, 5) is 11.8. The largest absolute Gasteiger partial charge is 0.390 e. The molecule has 0 radical (unpaired) electrons. The van der Waals surface area contributed by atoms with Crippen LogP contribution in [0.2, 0.25) is 0 Å². The molecule has 1 N–H and O–H groups in total. The molecule has 0 aromatic carbocycles. The highest BCUT2D eigenvalue weighted by atomic mass is 19.1. The predicted molar refractivity (Wildman–Crippen MR) is 87.6 cm³/mol. The Morgan fingerprint density at radius 2 is 2.00 bits per heavy atom. The third kappa shape index (κ3) is 1.86. The van der Waals surface area contributed by atoms with Gasteiger partial charge in [-0.15, -0.1) is 0 Å². The number of alkyl halides is 1. The van der Waals surface area contributed by atoms with E-state index in [9.17, 15) is 14.3 Å². The average molecular weight is 318 g/mol. The van der Waals surface area contributed by atoms with Crippen molar-refractivity contribution in [3.05, 3.63) is 23.3 Å². The number of carbonyl (C=O) groups excluding carboxylic acids is 1. The molecule has 0 spiro atoms. The minimum atomic E-state index is -1.36. The van der Waals surface area contributed by atoms with Crippen LogP contribution in [0.4, 0.5) is 4.39 Å². The fourth-order valence-electron chi connectivity index (χ4n) is 6.11. The highest BCUT2D eigenvalue weighted by Gasteiger charge is 2.60. The van der Waals surface area contributed by atoms with Crippen molar-refractivity contribution in [2.75, 3.05) is 0 Å². The molecule has 0 aromatic heterocycles. The Hall–Kier alpha value is -0.960. The molecule has 2 saturated carbocycles. The molecule has 23 heavy (non-hydrogen) atoms. The molecule has 0 aliphatic heterocycles. The first-order valence-corrected chi connectivity index (χ1v) is 9.01. The van der Waals surface area contributed by atoms with Gasteiger partial charge in [0.15, 0.2) is 12.0 Å². The lowest BCUT2D eigenvalue weighted by atomic mass is 9.51. The van der Waals surface area contributed by atoms with Gasteiger partial charge in [0.2, 0.25) is 0 Å². The summed E-state index contributed by atoms with van der Waals surface area (Å²) >= 11 is 0. The second kappa shape index (κ2) is 4.56. The number of fused-ring (bicyclic) bond motifs is 5. The second-order valence-corrected chi connectivity index (χ2v) is 8.92. The Kier molecular flexibility index (Phi) is 3.09. The van der Waals surface area contributed by atoms with E-state index in [2.05, 4.69) is 19.9 Å². The zero-order chi connectivity index (χ0) is 16.6. The molecular weight excluding hydrogens is 291 g/mol. The molecule has 0 heterocycles. The lowest BCUT2D eigenvalue weighted by Crippen LogP contribution is -2.50. The van der Waals surface area contributed by atoms with Crippen LogP contribution in [0.1, 0.15) is 59.3 Å². The third-order valence-corrected chi connectivity index (χ3v) is 7.91. The standard InChI is InChI=1S/C20H27FO2/c1-18-11-16(21)17(22)10-12(18)4-5-13-14(18)6-8-19(2)15(13)7-9-20(19,3)23/h6,10,13,15-16,23H,4-5,7-9,11H2,1-3H3/t13-,15-,16+,18+,19-,20+/m1/s1. The van der Waals surface area contributed by atoms with Crippen LogP contribution < -0.4 is 0 Å². The van der Waals surface area contributed by atoms with Gasteiger partial charge in [-0.05, 0) is 63.4 Å². The third-order valence-electron chi connectivity index (χ3n) is 7.91. The number of hydrogen-bond acceptors (Lipinski definition) is 2. The maximum absolute atomic E-state index is 14.2. The van der Waals surface area contributed by atoms with Crippen molar-refractivity contribution >= 4 is 5.78 Å². The Morgan fingerprint density at radius 1 is 1.26 bits per heavy atom. The summed E-state index contributed by atoms with van der Waals surface area (Å²) in [7, 11) is 0. The van der Waals surface area contributed by atoms with Gasteiger partial charge in [0, 0.05) is 10.8 Å². The van der Waals surface area contributed by atoms with E-state index in [-0.39, 0.29) is 16.6 Å². The Morgan fingerprint density at radius 3 is 2.74 bits per heavy atom. The van der Waals surface area contributed by atoms with Crippen LogP contribution in [0.25, 0.3) is 0 Å². The van der Waals surface area contributed by atoms with Crippen LogP contribution in [0, 0.1) is 22.7 Å². The summed E-state index contributed by atoms with van der Waals surface area (Å²) in [5, 5.41) is 10.9. The number of rotatable bonds is 0. The minimum Gasteiger partial charge on any atom is -0.390 e. The summed E-state index contributed by atoms with van der Waals surface area (Å²) in [5.41, 5.74) is 1.52. The molecule has 0 saturated heterocycles. The van der Waals surface area contributed by atoms with Crippen LogP contribution in [-0.2, 0) is 4.79 Å². The first kappa shape index (κ1) is 15.6. The molecule has 4 rings (SSSR count). The van der Waals surface area contributed by atoms with Crippen molar-refractivity contribution < 1.29 is 14.3 Å². The van der Waals surface area contributed by atoms with Gasteiger partial charge in [0.1, 0.15) is 0 Å². The van der Waals surface area contributed by atoms with Crippen molar-refractivity contribution in [3.8, 4) is 0 Å². The maximum atomic E-state index is 14.2. The molecule has 2 fully saturated rings. The van der Waals surface area contributed by atoms with Crippen LogP contribution in [0.3, 0.4) is 0 Å². The Balaban J connectivity index is 1.78. The van der Waals surface area contributed by atoms with E-state index in [0.29, 0.717) is 18.3 Å². The van der Waals surface area contributed by atoms with E-state index in [1.807, 2.05) is 6.92 Å². The fourth-order valence-corrected chi connectivity index (χ4v) is 6.11. The number of aliphatic hydroxyl groups is 1. The molecule has 126 valence electrons. The molecule has 0 unspecified atom stereocenters. The normalized spacial score (nSPS) is 52.2. The maximum Gasteiger partial charge on any atom is 0.189 e. The van der Waals surface area contributed by atoms with E-state index >= 15 is 0 Å². The van der Waals surface area contributed by atoms with E-state index in [1.165, 1.54) is 5.57 Å². The summed E-state index contributed by atoms with van der Waals surface area (Å²) in [5.74, 6) is 0.567. The van der Waals surface area contributed by atoms with Crippen molar-refractivity contribution in [3.63, 3.8) is 0 Å². The molecule has 4 aliphatic rings. The van der Waals surface area contributed by atoms with Gasteiger partial charge in [0.25, 0.3) is 0 Å².